The first kappa shape index (κ1) is 15.0. The number of nitrogens with one attached hydrogen (secondary N) is 1. The van der Waals surface area contributed by atoms with Gasteiger partial charge < -0.3 is 10.2 Å². The lowest BCUT2D eigenvalue weighted by molar-refractivity contribution is 0.0794. The average Bonchev–Trinajstić information content (AvgIpc) is 2.58. The van der Waals surface area contributed by atoms with Crippen LogP contribution in [0.3, 0.4) is 0 Å². The van der Waals surface area contributed by atoms with E-state index >= 15 is 0 Å². The Hall–Kier alpha value is -0.0800. The van der Waals surface area contributed by atoms with E-state index < -0.39 is 0 Å². The predicted molar refractivity (Wildman–Crippen MR) is 76.4 cm³/mol. The van der Waals surface area contributed by atoms with Gasteiger partial charge in [0.15, 0.2) is 0 Å². The van der Waals surface area contributed by atoms with Crippen molar-refractivity contribution in [2.45, 2.75) is 70.4 Å². The van der Waals surface area contributed by atoms with Crippen LogP contribution in [-0.4, -0.2) is 37.6 Å². The first-order valence-corrected chi connectivity index (χ1v) is 7.41. The molecule has 0 radical (unpaired) electrons. The molecule has 2 heteroatoms. The van der Waals surface area contributed by atoms with Gasteiger partial charge in [0.05, 0.1) is 0 Å². The van der Waals surface area contributed by atoms with E-state index in [4.69, 9.17) is 0 Å². The topological polar surface area (TPSA) is 15.3 Å². The lowest BCUT2D eigenvalue weighted by atomic mass is 9.77. The minimum Gasteiger partial charge on any atom is -0.315 e. The SMILES string of the molecule is CCC(C)(C(NC)C1CCCCCC1)N(C)C. The lowest BCUT2D eigenvalue weighted by Gasteiger charge is -2.46. The van der Waals surface area contributed by atoms with Crippen LogP contribution in [0.1, 0.15) is 58.8 Å². The van der Waals surface area contributed by atoms with Crippen LogP contribution in [0.2, 0.25) is 0 Å². The summed E-state index contributed by atoms with van der Waals surface area (Å²) in [7, 11) is 6.60. The fourth-order valence-corrected chi connectivity index (χ4v) is 3.51. The van der Waals surface area contributed by atoms with Gasteiger partial charge in [-0.1, -0.05) is 32.6 Å². The zero-order valence-electron chi connectivity index (χ0n) is 12.6. The fraction of sp³-hybridized carbons (Fsp3) is 1.00. The summed E-state index contributed by atoms with van der Waals surface area (Å²) in [4.78, 5) is 2.42. The second-order valence-corrected chi connectivity index (χ2v) is 6.12. The van der Waals surface area contributed by atoms with E-state index in [0.717, 1.165) is 5.92 Å². The van der Waals surface area contributed by atoms with Gasteiger partial charge in [-0.2, -0.15) is 0 Å². The van der Waals surface area contributed by atoms with Gasteiger partial charge in [0, 0.05) is 11.6 Å². The lowest BCUT2D eigenvalue weighted by Crippen LogP contribution is -2.59. The molecule has 0 bridgehead atoms. The number of likely N-dealkylation sites (N-methyl/N-ethyl adjacent to an activating group) is 2. The summed E-state index contributed by atoms with van der Waals surface area (Å²) in [6, 6.07) is 0.626. The molecule has 17 heavy (non-hydrogen) atoms. The maximum absolute atomic E-state index is 3.63. The molecule has 0 aliphatic heterocycles. The first-order valence-electron chi connectivity index (χ1n) is 7.41. The molecule has 0 amide bonds. The third-order valence-electron chi connectivity index (χ3n) is 5.09. The number of hydrogen-bond acceptors (Lipinski definition) is 2. The number of rotatable bonds is 5. The van der Waals surface area contributed by atoms with Crippen molar-refractivity contribution in [2.75, 3.05) is 21.1 Å². The summed E-state index contributed by atoms with van der Waals surface area (Å²) in [6.45, 7) is 4.74. The Labute approximate surface area is 108 Å². The highest BCUT2D eigenvalue weighted by atomic mass is 15.2. The van der Waals surface area contributed by atoms with E-state index in [1.54, 1.807) is 0 Å². The van der Waals surface area contributed by atoms with Crippen molar-refractivity contribution >= 4 is 0 Å². The quantitative estimate of drug-likeness (QED) is 0.742. The van der Waals surface area contributed by atoms with Crippen molar-refractivity contribution in [1.82, 2.24) is 10.2 Å². The summed E-state index contributed by atoms with van der Waals surface area (Å²) in [6.07, 6.45) is 9.77. The van der Waals surface area contributed by atoms with Crippen molar-refractivity contribution in [3.05, 3.63) is 0 Å². The molecule has 0 saturated heterocycles. The third-order valence-corrected chi connectivity index (χ3v) is 5.09. The van der Waals surface area contributed by atoms with Crippen LogP contribution in [0.25, 0.3) is 0 Å². The molecule has 0 aromatic carbocycles. The van der Waals surface area contributed by atoms with E-state index in [2.05, 4.69) is 45.2 Å². The van der Waals surface area contributed by atoms with Gasteiger partial charge in [-0.3, -0.25) is 0 Å². The molecule has 1 saturated carbocycles. The molecule has 0 spiro atoms. The van der Waals surface area contributed by atoms with Crippen LogP contribution in [0, 0.1) is 5.92 Å². The Kier molecular flexibility index (Phi) is 5.94. The van der Waals surface area contributed by atoms with Crippen molar-refractivity contribution in [2.24, 2.45) is 5.92 Å². The number of hydrogen-bond donors (Lipinski definition) is 1. The normalized spacial score (nSPS) is 24.4. The molecule has 1 N–H and O–H groups in total. The highest BCUT2D eigenvalue weighted by molar-refractivity contribution is 4.97. The standard InChI is InChI=1S/C15H32N2/c1-6-15(2,17(4)5)14(16-3)13-11-9-7-8-10-12-13/h13-14,16H,6-12H2,1-5H3. The Morgan fingerprint density at radius 1 is 1.18 bits per heavy atom. The molecule has 0 aromatic heterocycles. The van der Waals surface area contributed by atoms with Gasteiger partial charge in [0.25, 0.3) is 0 Å². The fourth-order valence-electron chi connectivity index (χ4n) is 3.51. The van der Waals surface area contributed by atoms with Crippen molar-refractivity contribution < 1.29 is 0 Å². The monoisotopic (exact) mass is 240 g/mol. The highest BCUT2D eigenvalue weighted by Gasteiger charge is 2.38. The summed E-state index contributed by atoms with van der Waals surface area (Å²) in [5, 5.41) is 3.63. The van der Waals surface area contributed by atoms with Gasteiger partial charge in [-0.05, 0) is 53.2 Å². The molecule has 1 rings (SSSR count). The highest BCUT2D eigenvalue weighted by Crippen LogP contribution is 2.33. The van der Waals surface area contributed by atoms with Crippen molar-refractivity contribution in [3.8, 4) is 0 Å². The number of nitrogens with zero attached hydrogens (tertiary/aromatic N) is 1. The zero-order chi connectivity index (χ0) is 12.9. The van der Waals surface area contributed by atoms with Crippen LogP contribution in [0.5, 0.6) is 0 Å². The van der Waals surface area contributed by atoms with Gasteiger partial charge in [-0.15, -0.1) is 0 Å². The molecule has 0 aromatic rings. The third kappa shape index (κ3) is 3.45. The Balaban J connectivity index is 2.79. The van der Waals surface area contributed by atoms with Crippen LogP contribution in [0.15, 0.2) is 0 Å². The van der Waals surface area contributed by atoms with E-state index in [0.29, 0.717) is 6.04 Å². The second-order valence-electron chi connectivity index (χ2n) is 6.12. The van der Waals surface area contributed by atoms with Crippen LogP contribution < -0.4 is 5.32 Å². The summed E-state index contributed by atoms with van der Waals surface area (Å²) < 4.78 is 0. The molecule has 2 unspecified atom stereocenters. The van der Waals surface area contributed by atoms with Crippen LogP contribution >= 0.6 is 0 Å². The Bertz CT molecular complexity index is 207. The molecule has 2 nitrogen and oxygen atoms in total. The smallest absolute Gasteiger partial charge is 0.0328 e. The van der Waals surface area contributed by atoms with E-state index in [-0.39, 0.29) is 5.54 Å². The molecule has 2 atom stereocenters. The van der Waals surface area contributed by atoms with E-state index in [9.17, 15) is 0 Å². The van der Waals surface area contributed by atoms with Crippen molar-refractivity contribution in [3.63, 3.8) is 0 Å². The zero-order valence-corrected chi connectivity index (χ0v) is 12.6. The summed E-state index contributed by atoms with van der Waals surface area (Å²) in [5.74, 6) is 0.856. The van der Waals surface area contributed by atoms with Gasteiger partial charge in [-0.25, -0.2) is 0 Å². The molecule has 1 aliphatic rings. The van der Waals surface area contributed by atoms with Gasteiger partial charge in [0.2, 0.25) is 0 Å². The minimum absolute atomic E-state index is 0.282. The second kappa shape index (κ2) is 6.75. The Morgan fingerprint density at radius 3 is 2.06 bits per heavy atom. The first-order chi connectivity index (χ1) is 8.06. The molecule has 102 valence electrons. The summed E-state index contributed by atoms with van der Waals surface area (Å²) >= 11 is 0. The molecular weight excluding hydrogens is 208 g/mol. The van der Waals surface area contributed by atoms with Gasteiger partial charge in [0.1, 0.15) is 0 Å². The van der Waals surface area contributed by atoms with Crippen LogP contribution in [-0.2, 0) is 0 Å². The Morgan fingerprint density at radius 2 is 1.71 bits per heavy atom. The predicted octanol–water partition coefficient (Wildman–Crippen LogP) is 3.28. The maximum atomic E-state index is 3.63. The van der Waals surface area contributed by atoms with E-state index in [1.807, 2.05) is 0 Å². The van der Waals surface area contributed by atoms with Crippen LogP contribution in [0.4, 0.5) is 0 Å². The minimum atomic E-state index is 0.282. The maximum Gasteiger partial charge on any atom is 0.0328 e. The average molecular weight is 240 g/mol. The molecule has 0 heterocycles. The van der Waals surface area contributed by atoms with Crippen molar-refractivity contribution in [1.29, 1.82) is 0 Å². The summed E-state index contributed by atoms with van der Waals surface area (Å²) in [5.41, 5.74) is 0.282. The molecular formula is C15H32N2. The largest absolute Gasteiger partial charge is 0.315 e. The molecule has 1 aliphatic carbocycles. The van der Waals surface area contributed by atoms with E-state index in [1.165, 1.54) is 44.9 Å². The molecule has 1 fully saturated rings. The van der Waals surface area contributed by atoms with Gasteiger partial charge >= 0.3 is 0 Å².